The average molecular weight is 310 g/mol. The molecule has 2 aliphatic rings. The molecule has 3 atom stereocenters. The molecule has 114 valence electrons. The zero-order valence-electron chi connectivity index (χ0n) is 11.8. The average Bonchev–Trinajstić information content (AvgIpc) is 2.85. The molecular weight excluding hydrogens is 292 g/mol. The fraction of sp³-hybridized carbons (Fsp3) is 0.571. The van der Waals surface area contributed by atoms with Crippen LogP contribution < -0.4 is 5.43 Å². The van der Waals surface area contributed by atoms with Gasteiger partial charge in [-0.3, -0.25) is 4.79 Å². The number of sulfone groups is 1. The zero-order chi connectivity index (χ0) is 15.0. The molecule has 1 saturated heterocycles. The summed E-state index contributed by atoms with van der Waals surface area (Å²) in [5.41, 5.74) is 2.38. The minimum atomic E-state index is -3.05. The highest BCUT2D eigenvalue weighted by Crippen LogP contribution is 2.47. The van der Waals surface area contributed by atoms with E-state index in [9.17, 15) is 13.2 Å². The molecule has 1 saturated carbocycles. The van der Waals surface area contributed by atoms with Crippen molar-refractivity contribution in [1.82, 2.24) is 5.43 Å². The van der Waals surface area contributed by atoms with E-state index in [4.69, 9.17) is 4.42 Å². The van der Waals surface area contributed by atoms with Crippen molar-refractivity contribution in [2.45, 2.75) is 25.7 Å². The maximum atomic E-state index is 11.8. The van der Waals surface area contributed by atoms with Crippen molar-refractivity contribution in [3.05, 3.63) is 23.7 Å². The molecule has 21 heavy (non-hydrogen) atoms. The highest BCUT2D eigenvalue weighted by atomic mass is 32.2. The van der Waals surface area contributed by atoms with E-state index >= 15 is 0 Å². The van der Waals surface area contributed by atoms with Crippen molar-refractivity contribution in [1.29, 1.82) is 0 Å². The van der Waals surface area contributed by atoms with Gasteiger partial charge in [0.2, 0.25) is 5.91 Å². The zero-order valence-corrected chi connectivity index (χ0v) is 12.6. The Labute approximate surface area is 123 Å². The maximum absolute atomic E-state index is 11.8. The van der Waals surface area contributed by atoms with Crippen LogP contribution in [0.5, 0.6) is 0 Å². The molecule has 2 heterocycles. The summed E-state index contributed by atoms with van der Waals surface area (Å²) in [5.74, 6) is 1.87. The van der Waals surface area contributed by atoms with Gasteiger partial charge in [0.1, 0.15) is 11.5 Å². The van der Waals surface area contributed by atoms with Gasteiger partial charge in [0, 0.05) is 5.92 Å². The molecule has 3 rings (SSSR count). The topological polar surface area (TPSA) is 88.7 Å². The Morgan fingerprint density at radius 1 is 1.48 bits per heavy atom. The third kappa shape index (κ3) is 3.34. The van der Waals surface area contributed by atoms with E-state index in [-0.39, 0.29) is 17.4 Å². The Morgan fingerprint density at radius 2 is 2.24 bits per heavy atom. The van der Waals surface area contributed by atoms with E-state index in [0.29, 0.717) is 24.0 Å². The molecule has 0 spiro atoms. The van der Waals surface area contributed by atoms with Crippen molar-refractivity contribution in [2.24, 2.45) is 16.9 Å². The predicted molar refractivity (Wildman–Crippen MR) is 77.7 cm³/mol. The summed E-state index contributed by atoms with van der Waals surface area (Å²) in [4.78, 5) is 11.8. The molecule has 1 aliphatic carbocycles. The lowest BCUT2D eigenvalue weighted by atomic mass is 10.1. The summed E-state index contributed by atoms with van der Waals surface area (Å²) >= 11 is 0. The van der Waals surface area contributed by atoms with Crippen LogP contribution in [0.15, 0.2) is 21.7 Å². The third-order valence-electron chi connectivity index (χ3n) is 4.09. The molecule has 1 amide bonds. The molecule has 1 aromatic heterocycles. The van der Waals surface area contributed by atoms with Crippen molar-refractivity contribution >= 4 is 22.0 Å². The van der Waals surface area contributed by atoms with Crippen molar-refractivity contribution < 1.29 is 17.6 Å². The quantitative estimate of drug-likeness (QED) is 0.670. The molecule has 1 aliphatic heterocycles. The van der Waals surface area contributed by atoms with Crippen LogP contribution >= 0.6 is 0 Å². The predicted octanol–water partition coefficient (Wildman–Crippen LogP) is 1.29. The Balaban J connectivity index is 1.52. The molecule has 0 bridgehead atoms. The van der Waals surface area contributed by atoms with Gasteiger partial charge in [-0.15, -0.1) is 0 Å². The Kier molecular flexibility index (Phi) is 3.61. The molecule has 0 radical (unpaired) electrons. The number of nitrogens with zero attached hydrogens (tertiary/aromatic N) is 1. The first-order chi connectivity index (χ1) is 9.94. The second kappa shape index (κ2) is 5.29. The standard InChI is InChI=1S/C14H18N2O4S/c1-9-6-12(9)13-3-2-11(20-13)7-15-16-14(17)10-4-5-21(18,19)8-10/h2-3,7,9-10,12H,4-6,8H2,1H3,(H,16,17)/b15-7-/t9-,10-,12-/m1/s1. The van der Waals surface area contributed by atoms with E-state index in [1.54, 1.807) is 0 Å². The first kappa shape index (κ1) is 14.3. The van der Waals surface area contributed by atoms with Crippen LogP contribution in [0.3, 0.4) is 0 Å². The fourth-order valence-corrected chi connectivity index (χ4v) is 4.35. The van der Waals surface area contributed by atoms with Crippen LogP contribution in [0.4, 0.5) is 0 Å². The van der Waals surface area contributed by atoms with Gasteiger partial charge in [0.05, 0.1) is 23.6 Å². The van der Waals surface area contributed by atoms with Gasteiger partial charge in [0.15, 0.2) is 9.84 Å². The first-order valence-electron chi connectivity index (χ1n) is 7.08. The molecule has 6 nitrogen and oxygen atoms in total. The van der Waals surface area contributed by atoms with Gasteiger partial charge in [0.25, 0.3) is 0 Å². The first-order valence-corrected chi connectivity index (χ1v) is 8.90. The van der Waals surface area contributed by atoms with Gasteiger partial charge in [-0.05, 0) is 30.9 Å². The van der Waals surface area contributed by atoms with Crippen LogP contribution in [0.25, 0.3) is 0 Å². The number of carbonyl (C=O) groups is 1. The van der Waals surface area contributed by atoms with E-state index in [2.05, 4.69) is 17.5 Å². The molecule has 7 heteroatoms. The highest BCUT2D eigenvalue weighted by Gasteiger charge is 2.36. The van der Waals surface area contributed by atoms with Crippen LogP contribution in [0.2, 0.25) is 0 Å². The fourth-order valence-electron chi connectivity index (χ4n) is 2.61. The molecular formula is C14H18N2O4S. The summed E-state index contributed by atoms with van der Waals surface area (Å²) in [6, 6.07) is 3.75. The smallest absolute Gasteiger partial charge is 0.244 e. The summed E-state index contributed by atoms with van der Waals surface area (Å²) in [7, 11) is -3.05. The SMILES string of the molecule is C[C@@H]1C[C@H]1c1ccc(/C=N\NC(=O)[C@@H]2CCS(=O)(=O)C2)o1. The monoisotopic (exact) mass is 310 g/mol. The Morgan fingerprint density at radius 3 is 2.86 bits per heavy atom. The number of nitrogens with one attached hydrogen (secondary N) is 1. The van der Waals surface area contributed by atoms with E-state index < -0.39 is 15.8 Å². The van der Waals surface area contributed by atoms with Crippen molar-refractivity contribution in [3.8, 4) is 0 Å². The van der Waals surface area contributed by atoms with Gasteiger partial charge < -0.3 is 4.42 Å². The summed E-state index contributed by atoms with van der Waals surface area (Å²) in [6.07, 6.45) is 2.96. The van der Waals surface area contributed by atoms with Gasteiger partial charge in [-0.25, -0.2) is 13.8 Å². The van der Waals surface area contributed by atoms with Crippen molar-refractivity contribution in [2.75, 3.05) is 11.5 Å². The number of hydrazone groups is 1. The number of amides is 1. The number of rotatable bonds is 4. The largest absolute Gasteiger partial charge is 0.460 e. The molecule has 0 unspecified atom stereocenters. The van der Waals surface area contributed by atoms with E-state index in [1.165, 1.54) is 6.21 Å². The van der Waals surface area contributed by atoms with Crippen LogP contribution in [-0.4, -0.2) is 32.0 Å². The maximum Gasteiger partial charge on any atom is 0.244 e. The highest BCUT2D eigenvalue weighted by molar-refractivity contribution is 7.91. The number of hydrogen-bond donors (Lipinski definition) is 1. The number of carbonyl (C=O) groups excluding carboxylic acids is 1. The van der Waals surface area contributed by atoms with Crippen LogP contribution in [0, 0.1) is 11.8 Å². The summed E-state index contributed by atoms with van der Waals surface area (Å²) in [5, 5.41) is 3.83. The van der Waals surface area contributed by atoms with Gasteiger partial charge >= 0.3 is 0 Å². The summed E-state index contributed by atoms with van der Waals surface area (Å²) in [6.45, 7) is 2.18. The number of hydrogen-bond acceptors (Lipinski definition) is 5. The minimum absolute atomic E-state index is 0.0793. The minimum Gasteiger partial charge on any atom is -0.460 e. The normalized spacial score (nSPS) is 30.6. The van der Waals surface area contributed by atoms with E-state index in [0.717, 1.165) is 12.2 Å². The molecule has 0 aromatic carbocycles. The van der Waals surface area contributed by atoms with Crippen LogP contribution in [0.1, 0.15) is 37.2 Å². The lowest BCUT2D eigenvalue weighted by molar-refractivity contribution is -0.124. The second-order valence-corrected chi connectivity index (χ2v) is 8.12. The van der Waals surface area contributed by atoms with Gasteiger partial charge in [-0.1, -0.05) is 6.92 Å². The van der Waals surface area contributed by atoms with E-state index in [1.807, 2.05) is 12.1 Å². The third-order valence-corrected chi connectivity index (χ3v) is 5.86. The lowest BCUT2D eigenvalue weighted by Gasteiger charge is -2.04. The van der Waals surface area contributed by atoms with Crippen LogP contribution in [-0.2, 0) is 14.6 Å². The molecule has 1 aromatic rings. The summed E-state index contributed by atoms with van der Waals surface area (Å²) < 4.78 is 28.2. The molecule has 1 N–H and O–H groups in total. The molecule has 2 fully saturated rings. The number of furan rings is 1. The van der Waals surface area contributed by atoms with Gasteiger partial charge in [-0.2, -0.15) is 5.10 Å². The Hall–Kier alpha value is -1.63. The lowest BCUT2D eigenvalue weighted by Crippen LogP contribution is -2.27. The Bertz CT molecular complexity index is 677. The van der Waals surface area contributed by atoms with Crippen molar-refractivity contribution in [3.63, 3.8) is 0 Å². The second-order valence-electron chi connectivity index (χ2n) is 5.89.